The number of aromatic nitrogens is 1. The standard InChI is InChI=1S/C12H13N3O4/c16-10-3-4-11(17)15(10)19-12(18)14-7-5-9-2-1-6-13-8-9/h1-2,6,8H,3-5,7H2,(H,14,18). The van der Waals surface area contributed by atoms with Gasteiger partial charge in [0.15, 0.2) is 0 Å². The Labute approximate surface area is 109 Å². The number of hydroxylamine groups is 2. The molecule has 0 bridgehead atoms. The molecule has 1 aromatic rings. The van der Waals surface area contributed by atoms with Gasteiger partial charge >= 0.3 is 6.09 Å². The van der Waals surface area contributed by atoms with E-state index in [-0.39, 0.29) is 12.8 Å². The van der Waals surface area contributed by atoms with Crippen LogP contribution in [0.25, 0.3) is 0 Å². The van der Waals surface area contributed by atoms with Crippen LogP contribution in [0.1, 0.15) is 18.4 Å². The van der Waals surface area contributed by atoms with Gasteiger partial charge in [0.2, 0.25) is 0 Å². The van der Waals surface area contributed by atoms with E-state index in [0.717, 1.165) is 5.56 Å². The zero-order valence-electron chi connectivity index (χ0n) is 10.2. The van der Waals surface area contributed by atoms with E-state index < -0.39 is 17.9 Å². The molecule has 0 aliphatic carbocycles. The molecule has 3 amide bonds. The topological polar surface area (TPSA) is 88.6 Å². The fourth-order valence-corrected chi connectivity index (χ4v) is 1.63. The fraction of sp³-hybridized carbons (Fsp3) is 0.333. The Hall–Kier alpha value is -2.44. The monoisotopic (exact) mass is 263 g/mol. The Bertz CT molecular complexity index is 473. The maximum Gasteiger partial charge on any atom is 0.432 e. The third-order valence-electron chi connectivity index (χ3n) is 2.59. The zero-order valence-corrected chi connectivity index (χ0v) is 10.2. The van der Waals surface area contributed by atoms with Crippen LogP contribution in [0, 0.1) is 0 Å². The number of hydrogen-bond donors (Lipinski definition) is 1. The minimum Gasteiger partial charge on any atom is -0.319 e. The Morgan fingerprint density at radius 1 is 1.37 bits per heavy atom. The number of carbonyl (C=O) groups is 3. The van der Waals surface area contributed by atoms with Crippen LogP contribution in [0.4, 0.5) is 4.79 Å². The summed E-state index contributed by atoms with van der Waals surface area (Å²) in [6, 6.07) is 3.68. The summed E-state index contributed by atoms with van der Waals surface area (Å²) >= 11 is 0. The Morgan fingerprint density at radius 3 is 2.74 bits per heavy atom. The molecule has 0 unspecified atom stereocenters. The summed E-state index contributed by atoms with van der Waals surface area (Å²) in [5, 5.41) is 2.98. The minimum atomic E-state index is -0.813. The number of carbonyl (C=O) groups excluding carboxylic acids is 3. The number of imide groups is 1. The van der Waals surface area contributed by atoms with E-state index >= 15 is 0 Å². The first-order valence-corrected chi connectivity index (χ1v) is 5.87. The van der Waals surface area contributed by atoms with E-state index in [4.69, 9.17) is 0 Å². The van der Waals surface area contributed by atoms with Gasteiger partial charge in [-0.1, -0.05) is 6.07 Å². The maximum absolute atomic E-state index is 11.4. The second kappa shape index (κ2) is 5.94. The highest BCUT2D eigenvalue weighted by atomic mass is 16.7. The third kappa shape index (κ3) is 3.51. The van der Waals surface area contributed by atoms with Crippen molar-refractivity contribution >= 4 is 17.9 Å². The van der Waals surface area contributed by atoms with E-state index in [1.807, 2.05) is 6.07 Å². The van der Waals surface area contributed by atoms with Gasteiger partial charge in [-0.3, -0.25) is 14.6 Å². The fourth-order valence-electron chi connectivity index (χ4n) is 1.63. The molecule has 7 heteroatoms. The highest BCUT2D eigenvalue weighted by molar-refractivity contribution is 6.01. The maximum atomic E-state index is 11.4. The van der Waals surface area contributed by atoms with Crippen molar-refractivity contribution in [1.29, 1.82) is 0 Å². The largest absolute Gasteiger partial charge is 0.432 e. The van der Waals surface area contributed by atoms with Gasteiger partial charge in [-0.25, -0.2) is 4.79 Å². The third-order valence-corrected chi connectivity index (χ3v) is 2.59. The number of nitrogens with zero attached hydrogens (tertiary/aromatic N) is 2. The van der Waals surface area contributed by atoms with E-state index in [9.17, 15) is 14.4 Å². The number of rotatable bonds is 4. The molecular formula is C12H13N3O4. The van der Waals surface area contributed by atoms with Crippen molar-refractivity contribution in [3.63, 3.8) is 0 Å². The lowest BCUT2D eigenvalue weighted by atomic mass is 10.2. The summed E-state index contributed by atoms with van der Waals surface area (Å²) in [7, 11) is 0. The lowest BCUT2D eigenvalue weighted by Crippen LogP contribution is -2.37. The molecule has 1 fully saturated rings. The zero-order chi connectivity index (χ0) is 13.7. The second-order valence-electron chi connectivity index (χ2n) is 4.00. The molecule has 100 valence electrons. The van der Waals surface area contributed by atoms with Crippen LogP contribution in [0.5, 0.6) is 0 Å². The van der Waals surface area contributed by atoms with Gasteiger partial charge in [0, 0.05) is 31.8 Å². The van der Waals surface area contributed by atoms with Crippen LogP contribution in [0.3, 0.4) is 0 Å². The molecule has 2 heterocycles. The van der Waals surface area contributed by atoms with Crippen molar-refractivity contribution in [2.75, 3.05) is 6.54 Å². The average molecular weight is 263 g/mol. The average Bonchev–Trinajstić information content (AvgIpc) is 2.72. The van der Waals surface area contributed by atoms with Crippen LogP contribution >= 0.6 is 0 Å². The first-order valence-electron chi connectivity index (χ1n) is 5.87. The number of hydrogen-bond acceptors (Lipinski definition) is 5. The molecular weight excluding hydrogens is 250 g/mol. The molecule has 0 radical (unpaired) electrons. The van der Waals surface area contributed by atoms with E-state index in [2.05, 4.69) is 15.1 Å². The molecule has 2 rings (SSSR count). The lowest BCUT2D eigenvalue weighted by molar-refractivity contribution is -0.171. The van der Waals surface area contributed by atoms with Crippen molar-refractivity contribution in [1.82, 2.24) is 15.4 Å². The van der Waals surface area contributed by atoms with Gasteiger partial charge in [0.05, 0.1) is 0 Å². The summed E-state index contributed by atoms with van der Waals surface area (Å²) in [5.74, 6) is -0.986. The van der Waals surface area contributed by atoms with Gasteiger partial charge in [0.1, 0.15) is 0 Å². The van der Waals surface area contributed by atoms with Crippen LogP contribution in [0.15, 0.2) is 24.5 Å². The molecule has 7 nitrogen and oxygen atoms in total. The van der Waals surface area contributed by atoms with Gasteiger partial charge in [0.25, 0.3) is 11.8 Å². The molecule has 1 aromatic heterocycles. The summed E-state index contributed by atoms with van der Waals surface area (Å²) in [6.07, 6.45) is 3.30. The number of pyridine rings is 1. The smallest absolute Gasteiger partial charge is 0.319 e. The summed E-state index contributed by atoms with van der Waals surface area (Å²) in [5.41, 5.74) is 0.969. The highest BCUT2D eigenvalue weighted by Crippen LogP contribution is 2.11. The Morgan fingerprint density at radius 2 is 2.11 bits per heavy atom. The Balaban J connectivity index is 1.73. The SMILES string of the molecule is O=C(NCCc1cccnc1)ON1C(=O)CCC1=O. The molecule has 1 saturated heterocycles. The van der Waals surface area contributed by atoms with Crippen LogP contribution in [-0.2, 0) is 20.8 Å². The van der Waals surface area contributed by atoms with Crippen LogP contribution < -0.4 is 5.32 Å². The number of nitrogens with one attached hydrogen (secondary N) is 1. The molecule has 19 heavy (non-hydrogen) atoms. The predicted molar refractivity (Wildman–Crippen MR) is 63.5 cm³/mol. The molecule has 0 saturated carbocycles. The van der Waals surface area contributed by atoms with Gasteiger partial charge in [-0.15, -0.1) is 5.06 Å². The first-order chi connectivity index (χ1) is 9.16. The normalized spacial score (nSPS) is 14.6. The molecule has 1 aliphatic rings. The van der Waals surface area contributed by atoms with Crippen molar-refractivity contribution in [3.05, 3.63) is 30.1 Å². The van der Waals surface area contributed by atoms with E-state index in [1.54, 1.807) is 18.5 Å². The lowest BCUT2D eigenvalue weighted by Gasteiger charge is -2.12. The first kappa shape index (κ1) is 13.0. The summed E-state index contributed by atoms with van der Waals surface area (Å²) in [6.45, 7) is 0.334. The van der Waals surface area contributed by atoms with Gasteiger partial charge in [-0.05, 0) is 18.1 Å². The van der Waals surface area contributed by atoms with E-state index in [1.165, 1.54) is 0 Å². The predicted octanol–water partition coefficient (Wildman–Crippen LogP) is 0.414. The van der Waals surface area contributed by atoms with Crippen LogP contribution in [0.2, 0.25) is 0 Å². The van der Waals surface area contributed by atoms with E-state index in [0.29, 0.717) is 18.0 Å². The summed E-state index contributed by atoms with van der Waals surface area (Å²) in [4.78, 5) is 42.4. The van der Waals surface area contributed by atoms with Crippen molar-refractivity contribution in [2.45, 2.75) is 19.3 Å². The van der Waals surface area contributed by atoms with Crippen molar-refractivity contribution < 1.29 is 19.2 Å². The molecule has 1 N–H and O–H groups in total. The minimum absolute atomic E-state index is 0.0851. The van der Waals surface area contributed by atoms with Gasteiger partial charge < -0.3 is 10.2 Å². The van der Waals surface area contributed by atoms with Gasteiger partial charge in [-0.2, -0.15) is 0 Å². The summed E-state index contributed by atoms with van der Waals surface area (Å²) < 4.78 is 0. The molecule has 1 aliphatic heterocycles. The Kier molecular flexibility index (Phi) is 4.07. The van der Waals surface area contributed by atoms with Crippen molar-refractivity contribution in [2.24, 2.45) is 0 Å². The highest BCUT2D eigenvalue weighted by Gasteiger charge is 2.32. The second-order valence-corrected chi connectivity index (χ2v) is 4.00. The molecule has 0 aromatic carbocycles. The van der Waals surface area contributed by atoms with Crippen LogP contribution in [-0.4, -0.2) is 34.5 Å². The molecule has 0 spiro atoms. The van der Waals surface area contributed by atoms with Crippen molar-refractivity contribution in [3.8, 4) is 0 Å². The quantitative estimate of drug-likeness (QED) is 0.795. The number of amides is 3. The molecule has 0 atom stereocenters.